The summed E-state index contributed by atoms with van der Waals surface area (Å²) in [4.78, 5) is 0. The Labute approximate surface area is 162 Å². The van der Waals surface area contributed by atoms with Gasteiger partial charge in [-0.3, -0.25) is 0 Å². The first-order valence-electron chi connectivity index (χ1n) is 11.4. The molecule has 1 saturated carbocycles. The lowest BCUT2D eigenvalue weighted by Crippen LogP contribution is -2.14. The van der Waals surface area contributed by atoms with E-state index < -0.39 is 0 Å². The Morgan fingerprint density at radius 2 is 1.58 bits per heavy atom. The molecule has 0 bridgehead atoms. The van der Waals surface area contributed by atoms with E-state index in [4.69, 9.17) is 0 Å². The molecular weight excluding hydrogens is 316 g/mol. The molecule has 0 radical (unpaired) electrons. The molecule has 0 amide bonds. The van der Waals surface area contributed by atoms with Crippen LogP contribution in [0.25, 0.3) is 0 Å². The van der Waals surface area contributed by atoms with E-state index in [1.807, 2.05) is 0 Å². The summed E-state index contributed by atoms with van der Waals surface area (Å²) in [5, 5.41) is 10.0. The van der Waals surface area contributed by atoms with Crippen molar-refractivity contribution in [3.63, 3.8) is 0 Å². The molecule has 1 aromatic rings. The van der Waals surface area contributed by atoms with Gasteiger partial charge in [0.2, 0.25) is 0 Å². The predicted molar refractivity (Wildman–Crippen MR) is 114 cm³/mol. The molecular formula is C25H42O. The van der Waals surface area contributed by atoms with Gasteiger partial charge in [0.25, 0.3) is 0 Å². The Balaban J connectivity index is 1.70. The van der Waals surface area contributed by atoms with Crippen LogP contribution in [-0.4, -0.2) is 11.2 Å². The molecule has 1 aromatic carbocycles. The lowest BCUT2D eigenvalue weighted by molar-refractivity contribution is 0.147. The molecule has 1 fully saturated rings. The Bertz CT molecular complexity index is 469. The summed E-state index contributed by atoms with van der Waals surface area (Å²) >= 11 is 0. The smallest absolute Gasteiger partial charge is 0.0540 e. The number of unbranched alkanes of at least 4 members (excludes halogenated alkanes) is 1. The predicted octanol–water partition coefficient (Wildman–Crippen LogP) is 7.27. The zero-order valence-corrected chi connectivity index (χ0v) is 17.6. The molecule has 1 nitrogen and oxygen atoms in total. The summed E-state index contributed by atoms with van der Waals surface area (Å²) < 4.78 is 0. The van der Waals surface area contributed by atoms with Gasteiger partial charge in [-0.1, -0.05) is 90.0 Å². The SMILES string of the molecule is CCCCC(O)CCC(C)c1ccc(CCC2CCC(CC)CC2)cc1. The molecule has 2 atom stereocenters. The highest BCUT2D eigenvalue weighted by Crippen LogP contribution is 2.33. The Hall–Kier alpha value is -0.820. The molecule has 148 valence electrons. The normalized spacial score (nSPS) is 22.9. The van der Waals surface area contributed by atoms with Gasteiger partial charge in [0.05, 0.1) is 6.10 Å². The molecule has 1 heteroatoms. The summed E-state index contributed by atoms with van der Waals surface area (Å²) in [5.74, 6) is 2.51. The lowest BCUT2D eigenvalue weighted by Gasteiger charge is -2.27. The van der Waals surface area contributed by atoms with Crippen molar-refractivity contribution in [2.45, 2.75) is 110 Å². The molecule has 1 aliphatic rings. The van der Waals surface area contributed by atoms with E-state index >= 15 is 0 Å². The summed E-state index contributed by atoms with van der Waals surface area (Å²) in [6.07, 6.45) is 15.0. The molecule has 0 heterocycles. The second-order valence-corrected chi connectivity index (χ2v) is 8.85. The zero-order valence-electron chi connectivity index (χ0n) is 17.6. The maximum absolute atomic E-state index is 10.0. The highest BCUT2D eigenvalue weighted by Gasteiger charge is 2.19. The minimum absolute atomic E-state index is 0.112. The minimum atomic E-state index is -0.112. The Morgan fingerprint density at radius 3 is 2.19 bits per heavy atom. The van der Waals surface area contributed by atoms with Gasteiger partial charge in [-0.05, 0) is 61.0 Å². The molecule has 2 rings (SSSR count). The van der Waals surface area contributed by atoms with E-state index in [1.54, 1.807) is 0 Å². The van der Waals surface area contributed by atoms with Crippen LogP contribution in [0.2, 0.25) is 0 Å². The van der Waals surface area contributed by atoms with Crippen LogP contribution in [-0.2, 0) is 6.42 Å². The summed E-state index contributed by atoms with van der Waals surface area (Å²) in [7, 11) is 0. The average molecular weight is 359 g/mol. The van der Waals surface area contributed by atoms with Gasteiger partial charge < -0.3 is 5.11 Å². The quantitative estimate of drug-likeness (QED) is 0.441. The van der Waals surface area contributed by atoms with Crippen molar-refractivity contribution in [2.75, 3.05) is 0 Å². The third kappa shape index (κ3) is 7.43. The van der Waals surface area contributed by atoms with Crippen LogP contribution in [0.4, 0.5) is 0 Å². The van der Waals surface area contributed by atoms with E-state index in [1.165, 1.54) is 62.5 Å². The van der Waals surface area contributed by atoms with Crippen molar-refractivity contribution in [2.24, 2.45) is 11.8 Å². The fourth-order valence-electron chi connectivity index (χ4n) is 4.51. The highest BCUT2D eigenvalue weighted by molar-refractivity contribution is 5.25. The van der Waals surface area contributed by atoms with Crippen LogP contribution < -0.4 is 0 Å². The minimum Gasteiger partial charge on any atom is -0.393 e. The molecule has 26 heavy (non-hydrogen) atoms. The van der Waals surface area contributed by atoms with Gasteiger partial charge in [0.1, 0.15) is 0 Å². The third-order valence-corrected chi connectivity index (χ3v) is 6.76. The third-order valence-electron chi connectivity index (χ3n) is 6.76. The summed E-state index contributed by atoms with van der Waals surface area (Å²) in [5.41, 5.74) is 2.93. The summed E-state index contributed by atoms with van der Waals surface area (Å²) in [6.45, 7) is 6.83. The number of hydrogen-bond acceptors (Lipinski definition) is 1. The zero-order chi connectivity index (χ0) is 18.8. The number of rotatable bonds is 11. The monoisotopic (exact) mass is 358 g/mol. The van der Waals surface area contributed by atoms with E-state index in [0.717, 1.165) is 37.5 Å². The first-order valence-corrected chi connectivity index (χ1v) is 11.4. The first-order chi connectivity index (χ1) is 12.6. The average Bonchev–Trinajstić information content (AvgIpc) is 2.69. The first kappa shape index (κ1) is 21.5. The van der Waals surface area contributed by atoms with Crippen LogP contribution in [0, 0.1) is 11.8 Å². The van der Waals surface area contributed by atoms with Crippen LogP contribution >= 0.6 is 0 Å². The van der Waals surface area contributed by atoms with E-state index in [2.05, 4.69) is 45.0 Å². The number of benzene rings is 1. The van der Waals surface area contributed by atoms with Crippen molar-refractivity contribution in [3.05, 3.63) is 35.4 Å². The Kier molecular flexibility index (Phi) is 9.75. The Morgan fingerprint density at radius 1 is 0.923 bits per heavy atom. The maximum Gasteiger partial charge on any atom is 0.0540 e. The van der Waals surface area contributed by atoms with Gasteiger partial charge in [-0.25, -0.2) is 0 Å². The van der Waals surface area contributed by atoms with Gasteiger partial charge in [-0.2, -0.15) is 0 Å². The highest BCUT2D eigenvalue weighted by atomic mass is 16.3. The van der Waals surface area contributed by atoms with E-state index in [-0.39, 0.29) is 6.10 Å². The van der Waals surface area contributed by atoms with Crippen molar-refractivity contribution in [3.8, 4) is 0 Å². The number of aliphatic hydroxyl groups is 1. The second-order valence-electron chi connectivity index (χ2n) is 8.85. The molecule has 1 N–H and O–H groups in total. The van der Waals surface area contributed by atoms with Crippen molar-refractivity contribution >= 4 is 0 Å². The van der Waals surface area contributed by atoms with Crippen molar-refractivity contribution in [1.82, 2.24) is 0 Å². The lowest BCUT2D eigenvalue weighted by atomic mass is 9.78. The molecule has 0 aromatic heterocycles. The van der Waals surface area contributed by atoms with Crippen molar-refractivity contribution < 1.29 is 5.11 Å². The van der Waals surface area contributed by atoms with E-state index in [0.29, 0.717) is 5.92 Å². The van der Waals surface area contributed by atoms with Gasteiger partial charge in [0, 0.05) is 0 Å². The largest absolute Gasteiger partial charge is 0.393 e. The molecule has 1 aliphatic carbocycles. The van der Waals surface area contributed by atoms with E-state index in [9.17, 15) is 5.11 Å². The maximum atomic E-state index is 10.0. The van der Waals surface area contributed by atoms with Gasteiger partial charge in [-0.15, -0.1) is 0 Å². The van der Waals surface area contributed by atoms with Crippen LogP contribution in [0.1, 0.15) is 108 Å². The fraction of sp³-hybridized carbons (Fsp3) is 0.760. The number of hydrogen-bond donors (Lipinski definition) is 1. The topological polar surface area (TPSA) is 20.2 Å². The number of aliphatic hydroxyl groups excluding tert-OH is 1. The standard InChI is InChI=1S/C25H42O/c1-4-6-7-25(26)19-8-20(3)24-17-15-23(16-18-24)14-13-22-11-9-21(5-2)10-12-22/h15-18,20-22,25-26H,4-14,19H2,1-3H3. The van der Waals surface area contributed by atoms with Crippen LogP contribution in [0.5, 0.6) is 0 Å². The van der Waals surface area contributed by atoms with Crippen LogP contribution in [0.3, 0.4) is 0 Å². The fourth-order valence-corrected chi connectivity index (χ4v) is 4.51. The summed E-state index contributed by atoms with van der Waals surface area (Å²) in [6, 6.07) is 9.34. The number of aryl methyl sites for hydroxylation is 1. The molecule has 0 spiro atoms. The molecule has 0 saturated heterocycles. The second kappa shape index (κ2) is 11.8. The van der Waals surface area contributed by atoms with Gasteiger partial charge >= 0.3 is 0 Å². The molecule has 0 aliphatic heterocycles. The van der Waals surface area contributed by atoms with Gasteiger partial charge in [0.15, 0.2) is 0 Å². The van der Waals surface area contributed by atoms with Crippen molar-refractivity contribution in [1.29, 1.82) is 0 Å². The van der Waals surface area contributed by atoms with Crippen LogP contribution in [0.15, 0.2) is 24.3 Å². The molecule has 2 unspecified atom stereocenters.